The SMILES string of the molecule is O.O=C(O)c1ccccc1C(F)(F)F. The number of aromatic carboxylic acids is 1. The van der Waals surface area contributed by atoms with E-state index in [4.69, 9.17) is 5.11 Å². The van der Waals surface area contributed by atoms with Crippen molar-refractivity contribution in [2.45, 2.75) is 6.18 Å². The highest BCUT2D eigenvalue weighted by atomic mass is 19.4. The van der Waals surface area contributed by atoms with Crippen molar-refractivity contribution >= 4 is 5.97 Å². The quantitative estimate of drug-likeness (QED) is 0.761. The van der Waals surface area contributed by atoms with Gasteiger partial charge in [-0.3, -0.25) is 0 Å². The Morgan fingerprint density at radius 3 is 2.07 bits per heavy atom. The van der Waals surface area contributed by atoms with E-state index in [-0.39, 0.29) is 5.48 Å². The highest BCUT2D eigenvalue weighted by Gasteiger charge is 2.34. The molecular formula is C8H7F3O3. The molecule has 3 N–H and O–H groups in total. The highest BCUT2D eigenvalue weighted by molar-refractivity contribution is 5.89. The van der Waals surface area contributed by atoms with Gasteiger partial charge in [-0.2, -0.15) is 13.2 Å². The molecular weight excluding hydrogens is 201 g/mol. The third kappa shape index (κ3) is 2.46. The van der Waals surface area contributed by atoms with Gasteiger partial charge in [0.1, 0.15) is 0 Å². The molecule has 78 valence electrons. The molecule has 14 heavy (non-hydrogen) atoms. The summed E-state index contributed by atoms with van der Waals surface area (Å²) in [6.45, 7) is 0. The molecule has 1 aromatic rings. The molecule has 0 radical (unpaired) electrons. The maximum atomic E-state index is 12.1. The van der Waals surface area contributed by atoms with Crippen LogP contribution < -0.4 is 0 Å². The fourth-order valence-corrected chi connectivity index (χ4v) is 0.917. The van der Waals surface area contributed by atoms with Gasteiger partial charge >= 0.3 is 12.1 Å². The zero-order valence-electron chi connectivity index (χ0n) is 6.80. The Bertz CT molecular complexity index is 333. The molecule has 1 rings (SSSR count). The van der Waals surface area contributed by atoms with Crippen molar-refractivity contribution in [1.82, 2.24) is 0 Å². The van der Waals surface area contributed by atoms with Gasteiger partial charge in [-0.15, -0.1) is 0 Å². The molecule has 0 saturated heterocycles. The smallest absolute Gasteiger partial charge is 0.417 e. The lowest BCUT2D eigenvalue weighted by atomic mass is 10.1. The van der Waals surface area contributed by atoms with E-state index in [2.05, 4.69) is 0 Å². The van der Waals surface area contributed by atoms with Crippen LogP contribution in [-0.2, 0) is 6.18 Å². The van der Waals surface area contributed by atoms with Crippen LogP contribution in [0.1, 0.15) is 15.9 Å². The van der Waals surface area contributed by atoms with Gasteiger partial charge in [0.15, 0.2) is 0 Å². The Balaban J connectivity index is 0.00000169. The summed E-state index contributed by atoms with van der Waals surface area (Å²) >= 11 is 0. The average Bonchev–Trinajstić information content (AvgIpc) is 2.03. The van der Waals surface area contributed by atoms with Crippen LogP contribution in [0.15, 0.2) is 24.3 Å². The maximum absolute atomic E-state index is 12.1. The molecule has 0 fully saturated rings. The van der Waals surface area contributed by atoms with Crippen LogP contribution >= 0.6 is 0 Å². The standard InChI is InChI=1S/C8H5F3O2.H2O/c9-8(10,11)6-4-2-1-3-5(6)7(12)13;/h1-4H,(H,12,13);1H2. The van der Waals surface area contributed by atoms with Crippen molar-refractivity contribution in [2.75, 3.05) is 0 Å². The zero-order chi connectivity index (χ0) is 10.1. The summed E-state index contributed by atoms with van der Waals surface area (Å²) in [6, 6.07) is 4.06. The normalized spacial score (nSPS) is 10.5. The summed E-state index contributed by atoms with van der Waals surface area (Å²) in [5.41, 5.74) is -1.85. The highest BCUT2D eigenvalue weighted by Crippen LogP contribution is 2.31. The Morgan fingerprint density at radius 1 is 1.21 bits per heavy atom. The molecule has 0 amide bonds. The van der Waals surface area contributed by atoms with Crippen molar-refractivity contribution in [3.63, 3.8) is 0 Å². The first-order valence-corrected chi connectivity index (χ1v) is 3.32. The van der Waals surface area contributed by atoms with Crippen molar-refractivity contribution < 1.29 is 28.5 Å². The monoisotopic (exact) mass is 208 g/mol. The van der Waals surface area contributed by atoms with Gasteiger partial charge < -0.3 is 10.6 Å². The number of alkyl halides is 3. The molecule has 0 atom stereocenters. The van der Waals surface area contributed by atoms with Gasteiger partial charge in [0, 0.05) is 0 Å². The van der Waals surface area contributed by atoms with E-state index >= 15 is 0 Å². The van der Waals surface area contributed by atoms with Crippen LogP contribution in [0, 0.1) is 0 Å². The van der Waals surface area contributed by atoms with Gasteiger partial charge in [-0.25, -0.2) is 4.79 Å². The van der Waals surface area contributed by atoms with Crippen molar-refractivity contribution in [2.24, 2.45) is 0 Å². The largest absolute Gasteiger partial charge is 0.478 e. The van der Waals surface area contributed by atoms with Crippen LogP contribution in [0.3, 0.4) is 0 Å². The first-order valence-electron chi connectivity index (χ1n) is 3.32. The summed E-state index contributed by atoms with van der Waals surface area (Å²) in [6.07, 6.45) is -4.62. The molecule has 0 aromatic heterocycles. The summed E-state index contributed by atoms with van der Waals surface area (Å²) in [5.74, 6) is -1.58. The molecule has 6 heteroatoms. The predicted octanol–water partition coefficient (Wildman–Crippen LogP) is 1.58. The third-order valence-electron chi connectivity index (χ3n) is 1.46. The van der Waals surface area contributed by atoms with E-state index in [0.717, 1.165) is 18.2 Å². The van der Waals surface area contributed by atoms with E-state index in [9.17, 15) is 18.0 Å². The van der Waals surface area contributed by atoms with Crippen molar-refractivity contribution in [3.8, 4) is 0 Å². The van der Waals surface area contributed by atoms with E-state index in [1.165, 1.54) is 6.07 Å². The number of halogens is 3. The second-order valence-electron chi connectivity index (χ2n) is 2.35. The third-order valence-corrected chi connectivity index (χ3v) is 1.46. The number of hydrogen-bond donors (Lipinski definition) is 1. The van der Waals surface area contributed by atoms with Crippen molar-refractivity contribution in [3.05, 3.63) is 35.4 Å². The van der Waals surface area contributed by atoms with Crippen LogP contribution in [0.5, 0.6) is 0 Å². The first-order chi connectivity index (χ1) is 5.93. The number of rotatable bonds is 1. The van der Waals surface area contributed by atoms with Gasteiger partial charge in [0.05, 0.1) is 11.1 Å². The summed E-state index contributed by atoms with van der Waals surface area (Å²) in [7, 11) is 0. The number of benzene rings is 1. The molecule has 0 saturated carbocycles. The lowest BCUT2D eigenvalue weighted by Gasteiger charge is -2.08. The second-order valence-corrected chi connectivity index (χ2v) is 2.35. The fraction of sp³-hybridized carbons (Fsp3) is 0.125. The van der Waals surface area contributed by atoms with Crippen molar-refractivity contribution in [1.29, 1.82) is 0 Å². The Hall–Kier alpha value is -1.56. The minimum Gasteiger partial charge on any atom is -0.478 e. The minimum atomic E-state index is -4.62. The van der Waals surface area contributed by atoms with E-state index < -0.39 is 23.3 Å². The Labute approximate surface area is 77.1 Å². The molecule has 0 bridgehead atoms. The van der Waals surface area contributed by atoms with Crippen LogP contribution in [-0.4, -0.2) is 16.6 Å². The summed E-state index contributed by atoms with van der Waals surface area (Å²) in [4.78, 5) is 10.4. The lowest BCUT2D eigenvalue weighted by molar-refractivity contribution is -0.138. The molecule has 0 spiro atoms. The minimum absolute atomic E-state index is 0. The van der Waals surface area contributed by atoms with Gasteiger partial charge in [0.25, 0.3) is 0 Å². The van der Waals surface area contributed by atoms with Crippen LogP contribution in [0.4, 0.5) is 13.2 Å². The molecule has 3 nitrogen and oxygen atoms in total. The van der Waals surface area contributed by atoms with Gasteiger partial charge in [-0.1, -0.05) is 12.1 Å². The number of carboxylic acids is 1. The van der Waals surface area contributed by atoms with Crippen LogP contribution in [0.2, 0.25) is 0 Å². The molecule has 0 aliphatic carbocycles. The van der Waals surface area contributed by atoms with E-state index in [1.807, 2.05) is 0 Å². The molecule has 0 aliphatic heterocycles. The Kier molecular flexibility index (Phi) is 3.64. The van der Waals surface area contributed by atoms with E-state index in [0.29, 0.717) is 0 Å². The topological polar surface area (TPSA) is 68.8 Å². The summed E-state index contributed by atoms with van der Waals surface area (Å²) < 4.78 is 36.4. The number of hydrogen-bond acceptors (Lipinski definition) is 1. The molecule has 1 aromatic carbocycles. The average molecular weight is 208 g/mol. The first kappa shape index (κ1) is 12.4. The van der Waals surface area contributed by atoms with E-state index in [1.54, 1.807) is 0 Å². The maximum Gasteiger partial charge on any atom is 0.417 e. The second kappa shape index (κ2) is 4.10. The van der Waals surface area contributed by atoms with Crippen LogP contribution in [0.25, 0.3) is 0 Å². The predicted molar refractivity (Wildman–Crippen MR) is 42.0 cm³/mol. The molecule has 0 heterocycles. The molecule has 0 aliphatic rings. The number of carboxylic acid groups (broad SMARTS) is 1. The van der Waals surface area contributed by atoms with Gasteiger partial charge in [0.2, 0.25) is 0 Å². The zero-order valence-corrected chi connectivity index (χ0v) is 6.80. The lowest BCUT2D eigenvalue weighted by Crippen LogP contribution is -2.12. The fourth-order valence-electron chi connectivity index (χ4n) is 0.917. The Morgan fingerprint density at radius 2 is 1.71 bits per heavy atom. The number of carbonyl (C=O) groups is 1. The summed E-state index contributed by atoms with van der Waals surface area (Å²) in [5, 5.41) is 8.43. The van der Waals surface area contributed by atoms with Gasteiger partial charge in [-0.05, 0) is 12.1 Å². The molecule has 0 unspecified atom stereocenters.